The van der Waals surface area contributed by atoms with Gasteiger partial charge in [0.25, 0.3) is 0 Å². The van der Waals surface area contributed by atoms with Gasteiger partial charge in [-0.05, 0) is 42.8 Å². The molecular weight excluding hydrogens is 392 g/mol. The fourth-order valence-electron chi connectivity index (χ4n) is 4.07. The largest absolute Gasteiger partial charge is 0.496 e. The first-order valence-corrected chi connectivity index (χ1v) is 10.1. The number of hydrogen-bond donors (Lipinski definition) is 0. The molecule has 2 aliphatic heterocycles. The molecule has 1 aromatic heterocycles. The topological polar surface area (TPSA) is 60.9 Å². The first kappa shape index (κ1) is 19.3. The van der Waals surface area contributed by atoms with Crippen molar-refractivity contribution in [2.75, 3.05) is 13.8 Å². The second kappa shape index (κ2) is 7.89. The summed E-state index contributed by atoms with van der Waals surface area (Å²) in [6.45, 7) is 3.87. The number of pyridine rings is 1. The van der Waals surface area contributed by atoms with Crippen molar-refractivity contribution in [3.63, 3.8) is 0 Å². The third-order valence-electron chi connectivity index (χ3n) is 5.58. The number of rotatable bonds is 4. The third kappa shape index (κ3) is 3.55. The highest BCUT2D eigenvalue weighted by molar-refractivity contribution is 6.15. The summed E-state index contributed by atoms with van der Waals surface area (Å²) in [5.74, 6) is 2.23. The number of allylic oxidation sites excluding steroid dienone is 1. The second-order valence-electron chi connectivity index (χ2n) is 7.66. The number of nitrogens with zero attached hydrogens (tertiary/aromatic N) is 2. The summed E-state index contributed by atoms with van der Waals surface area (Å²) in [5.41, 5.74) is 4.39. The molecule has 0 unspecified atom stereocenters. The van der Waals surface area contributed by atoms with Crippen LogP contribution in [-0.2, 0) is 13.1 Å². The van der Waals surface area contributed by atoms with E-state index in [1.807, 2.05) is 49.4 Å². The lowest BCUT2D eigenvalue weighted by atomic mass is 10.00. The van der Waals surface area contributed by atoms with Gasteiger partial charge in [-0.3, -0.25) is 14.7 Å². The van der Waals surface area contributed by atoms with Gasteiger partial charge in [0.05, 0.1) is 12.7 Å². The molecule has 0 amide bonds. The van der Waals surface area contributed by atoms with Crippen molar-refractivity contribution >= 4 is 11.9 Å². The van der Waals surface area contributed by atoms with Crippen LogP contribution >= 0.6 is 0 Å². The highest BCUT2D eigenvalue weighted by Crippen LogP contribution is 2.43. The molecule has 0 fully saturated rings. The Kier molecular flexibility index (Phi) is 4.92. The zero-order chi connectivity index (χ0) is 21.4. The average Bonchev–Trinajstić information content (AvgIpc) is 3.10. The van der Waals surface area contributed by atoms with Gasteiger partial charge in [0.1, 0.15) is 24.0 Å². The normalized spacial score (nSPS) is 16.5. The lowest BCUT2D eigenvalue weighted by Crippen LogP contribution is -2.32. The maximum absolute atomic E-state index is 13.1. The Labute approximate surface area is 180 Å². The molecule has 2 aliphatic rings. The van der Waals surface area contributed by atoms with Crippen molar-refractivity contribution in [2.45, 2.75) is 20.0 Å². The zero-order valence-electron chi connectivity index (χ0n) is 17.4. The van der Waals surface area contributed by atoms with Gasteiger partial charge in [0.15, 0.2) is 5.76 Å². The number of fused-ring (bicyclic) bond motifs is 2. The Bertz CT molecular complexity index is 1190. The molecule has 2 aromatic carbocycles. The van der Waals surface area contributed by atoms with Crippen LogP contribution in [0.25, 0.3) is 6.08 Å². The first-order valence-electron chi connectivity index (χ1n) is 10.1. The van der Waals surface area contributed by atoms with E-state index in [4.69, 9.17) is 14.2 Å². The smallest absolute Gasteiger partial charge is 0.231 e. The number of para-hydroxylation sites is 1. The summed E-state index contributed by atoms with van der Waals surface area (Å²) in [5, 5.41) is 0. The van der Waals surface area contributed by atoms with Crippen molar-refractivity contribution in [1.82, 2.24) is 9.88 Å². The Morgan fingerprint density at radius 1 is 1.16 bits per heavy atom. The molecule has 0 radical (unpaired) electrons. The van der Waals surface area contributed by atoms with E-state index in [2.05, 4.69) is 9.88 Å². The van der Waals surface area contributed by atoms with Gasteiger partial charge in [-0.1, -0.05) is 18.2 Å². The minimum Gasteiger partial charge on any atom is -0.496 e. The van der Waals surface area contributed by atoms with Gasteiger partial charge in [0, 0.05) is 42.2 Å². The van der Waals surface area contributed by atoms with Crippen molar-refractivity contribution in [1.29, 1.82) is 0 Å². The maximum atomic E-state index is 13.1. The fourth-order valence-corrected chi connectivity index (χ4v) is 4.07. The van der Waals surface area contributed by atoms with Crippen molar-refractivity contribution < 1.29 is 19.0 Å². The van der Waals surface area contributed by atoms with E-state index >= 15 is 0 Å². The Morgan fingerprint density at radius 2 is 1.97 bits per heavy atom. The van der Waals surface area contributed by atoms with Crippen LogP contribution in [0.15, 0.2) is 60.6 Å². The molecule has 0 N–H and O–H groups in total. The van der Waals surface area contributed by atoms with Crippen molar-refractivity contribution in [3.05, 3.63) is 88.4 Å². The number of methoxy groups -OCH3 is 1. The van der Waals surface area contributed by atoms with E-state index in [-0.39, 0.29) is 5.78 Å². The minimum atomic E-state index is -0.127. The standard InChI is InChI=1S/C25H22N2O4/c1-16-24-19(14-27(15-30-24)13-17-7-9-26-10-8-17)11-20-23(28)22(31-25(16)20)12-18-5-3-4-6-21(18)29-2/h3-12H,13-15H2,1-2H3/b22-12-. The quantitative estimate of drug-likeness (QED) is 0.591. The number of carbonyl (C=O) groups excluding carboxylic acids is 1. The van der Waals surface area contributed by atoms with Gasteiger partial charge < -0.3 is 14.2 Å². The van der Waals surface area contributed by atoms with Crippen LogP contribution < -0.4 is 14.2 Å². The molecule has 5 rings (SSSR count). The van der Waals surface area contributed by atoms with Gasteiger partial charge in [-0.25, -0.2) is 0 Å². The van der Waals surface area contributed by atoms with E-state index in [9.17, 15) is 4.79 Å². The van der Waals surface area contributed by atoms with Crippen LogP contribution in [-0.4, -0.2) is 29.5 Å². The lowest BCUT2D eigenvalue weighted by molar-refractivity contribution is 0.0876. The number of Topliss-reactive ketones (excluding diaryl/α,β-unsaturated/α-hetero) is 1. The van der Waals surface area contributed by atoms with E-state index in [0.717, 1.165) is 29.0 Å². The molecule has 0 bridgehead atoms. The van der Waals surface area contributed by atoms with Crippen molar-refractivity contribution in [2.24, 2.45) is 0 Å². The highest BCUT2D eigenvalue weighted by Gasteiger charge is 2.33. The first-order chi connectivity index (χ1) is 15.1. The van der Waals surface area contributed by atoms with Crippen molar-refractivity contribution in [3.8, 4) is 17.2 Å². The van der Waals surface area contributed by atoms with Crippen LogP contribution in [0.5, 0.6) is 17.2 Å². The van der Waals surface area contributed by atoms with Gasteiger partial charge in [-0.15, -0.1) is 0 Å². The fraction of sp³-hybridized carbons (Fsp3) is 0.200. The number of ether oxygens (including phenoxy) is 3. The molecular formula is C25H22N2O4. The molecule has 3 aromatic rings. The second-order valence-corrected chi connectivity index (χ2v) is 7.66. The predicted molar refractivity (Wildman–Crippen MR) is 116 cm³/mol. The minimum absolute atomic E-state index is 0.127. The van der Waals surface area contributed by atoms with Gasteiger partial charge in [0.2, 0.25) is 5.78 Å². The zero-order valence-corrected chi connectivity index (χ0v) is 17.4. The SMILES string of the molecule is COc1ccccc1/C=C1\Oc2c(cc3c(c2C)OCN(Cc2ccncc2)C3)C1=O. The Morgan fingerprint density at radius 3 is 2.77 bits per heavy atom. The summed E-state index contributed by atoms with van der Waals surface area (Å²) in [4.78, 5) is 19.4. The van der Waals surface area contributed by atoms with Crippen LogP contribution in [0.3, 0.4) is 0 Å². The predicted octanol–water partition coefficient (Wildman–Crippen LogP) is 4.37. The molecule has 31 heavy (non-hydrogen) atoms. The summed E-state index contributed by atoms with van der Waals surface area (Å²) in [6.07, 6.45) is 5.31. The molecule has 156 valence electrons. The average molecular weight is 414 g/mol. The molecule has 3 heterocycles. The molecule has 0 saturated carbocycles. The summed E-state index contributed by atoms with van der Waals surface area (Å²) in [7, 11) is 1.61. The number of ketones is 1. The summed E-state index contributed by atoms with van der Waals surface area (Å²) >= 11 is 0. The maximum Gasteiger partial charge on any atom is 0.231 e. The van der Waals surface area contributed by atoms with E-state index in [0.29, 0.717) is 36.1 Å². The number of carbonyl (C=O) groups is 1. The number of benzene rings is 2. The summed E-state index contributed by atoms with van der Waals surface area (Å²) in [6, 6.07) is 13.4. The van der Waals surface area contributed by atoms with Gasteiger partial charge in [-0.2, -0.15) is 0 Å². The number of hydrogen-bond acceptors (Lipinski definition) is 6. The van der Waals surface area contributed by atoms with Crippen LogP contribution in [0.4, 0.5) is 0 Å². The van der Waals surface area contributed by atoms with Crippen LogP contribution in [0, 0.1) is 6.92 Å². The number of aromatic nitrogens is 1. The lowest BCUT2D eigenvalue weighted by Gasteiger charge is -2.30. The van der Waals surface area contributed by atoms with E-state index in [1.165, 1.54) is 5.56 Å². The molecule has 0 saturated heterocycles. The summed E-state index contributed by atoms with van der Waals surface area (Å²) < 4.78 is 17.5. The molecule has 0 aliphatic carbocycles. The third-order valence-corrected chi connectivity index (χ3v) is 5.58. The highest BCUT2D eigenvalue weighted by atomic mass is 16.5. The molecule has 0 spiro atoms. The van der Waals surface area contributed by atoms with Crippen LogP contribution in [0.2, 0.25) is 0 Å². The Balaban J connectivity index is 1.44. The monoisotopic (exact) mass is 414 g/mol. The Hall–Kier alpha value is -3.64. The van der Waals surface area contributed by atoms with Crippen LogP contribution in [0.1, 0.15) is 32.6 Å². The van der Waals surface area contributed by atoms with Gasteiger partial charge >= 0.3 is 0 Å². The van der Waals surface area contributed by atoms with E-state index < -0.39 is 0 Å². The van der Waals surface area contributed by atoms with E-state index in [1.54, 1.807) is 25.6 Å². The molecule has 0 atom stereocenters. The molecule has 6 nitrogen and oxygen atoms in total. The molecule has 6 heteroatoms.